The summed E-state index contributed by atoms with van der Waals surface area (Å²) in [7, 11) is 0. The van der Waals surface area contributed by atoms with Crippen LogP contribution in [0.25, 0.3) is 5.82 Å². The van der Waals surface area contributed by atoms with Gasteiger partial charge < -0.3 is 16.8 Å². The second kappa shape index (κ2) is 8.78. The van der Waals surface area contributed by atoms with Crippen molar-refractivity contribution in [3.05, 3.63) is 78.0 Å². The van der Waals surface area contributed by atoms with Gasteiger partial charge in [0, 0.05) is 12.6 Å². The minimum atomic E-state index is -1.15. The normalized spacial score (nSPS) is 11.5. The molecule has 3 rings (SSSR count). The number of aromatic nitrogens is 3. The van der Waals surface area contributed by atoms with E-state index >= 15 is 0 Å². The zero-order chi connectivity index (χ0) is 21.7. The van der Waals surface area contributed by atoms with E-state index in [1.807, 2.05) is 6.07 Å². The summed E-state index contributed by atoms with van der Waals surface area (Å²) in [6, 6.07) is 10.7. The largest absolute Gasteiger partial charge is 0.366 e. The summed E-state index contributed by atoms with van der Waals surface area (Å²) >= 11 is 0. The molecule has 0 fully saturated rings. The van der Waals surface area contributed by atoms with E-state index in [1.165, 1.54) is 35.4 Å². The molecule has 0 aliphatic heterocycles. The first kappa shape index (κ1) is 20.4. The summed E-state index contributed by atoms with van der Waals surface area (Å²) in [5, 5.41) is 2.54. The summed E-state index contributed by atoms with van der Waals surface area (Å²) in [6.45, 7) is 0. The van der Waals surface area contributed by atoms with Crippen molar-refractivity contribution in [2.75, 3.05) is 0 Å². The molecule has 2 heterocycles. The molecule has 3 amide bonds. The summed E-state index contributed by atoms with van der Waals surface area (Å²) in [6.07, 6.45) is 4.00. The predicted octanol–water partition coefficient (Wildman–Crippen LogP) is -0.238. The Morgan fingerprint density at radius 3 is 2.33 bits per heavy atom. The van der Waals surface area contributed by atoms with Crippen LogP contribution in [-0.4, -0.2) is 44.1 Å². The van der Waals surface area contributed by atoms with E-state index in [-0.39, 0.29) is 17.7 Å². The van der Waals surface area contributed by atoms with Gasteiger partial charge in [0.2, 0.25) is 11.7 Å². The zero-order valence-corrected chi connectivity index (χ0v) is 15.7. The lowest BCUT2D eigenvalue weighted by Crippen LogP contribution is -2.47. The summed E-state index contributed by atoms with van der Waals surface area (Å²) in [4.78, 5) is 55.7. The van der Waals surface area contributed by atoms with Crippen LogP contribution in [0.1, 0.15) is 26.4 Å². The van der Waals surface area contributed by atoms with Crippen LogP contribution >= 0.6 is 0 Å². The fourth-order valence-corrected chi connectivity index (χ4v) is 2.78. The highest BCUT2D eigenvalue weighted by Crippen LogP contribution is 2.11. The molecule has 5 N–H and O–H groups in total. The Kier molecular flexibility index (Phi) is 5.97. The van der Waals surface area contributed by atoms with E-state index in [0.29, 0.717) is 5.82 Å². The Hall–Kier alpha value is -4.34. The van der Waals surface area contributed by atoms with Crippen LogP contribution in [0.5, 0.6) is 0 Å². The van der Waals surface area contributed by atoms with Gasteiger partial charge in [-0.25, -0.2) is 9.97 Å². The number of pyridine rings is 1. The highest BCUT2D eigenvalue weighted by Gasteiger charge is 2.27. The van der Waals surface area contributed by atoms with Gasteiger partial charge in [0.05, 0.1) is 11.8 Å². The maximum Gasteiger partial charge on any atom is 0.287 e. The van der Waals surface area contributed by atoms with Crippen LogP contribution in [0.15, 0.2) is 61.2 Å². The van der Waals surface area contributed by atoms with Crippen molar-refractivity contribution < 1.29 is 19.2 Å². The van der Waals surface area contributed by atoms with Gasteiger partial charge >= 0.3 is 0 Å². The number of nitrogens with two attached hydrogens (primary N) is 2. The highest BCUT2D eigenvalue weighted by molar-refractivity contribution is 6.38. The lowest BCUT2D eigenvalue weighted by Gasteiger charge is -2.17. The topological polar surface area (TPSA) is 163 Å². The molecule has 0 saturated heterocycles. The first-order chi connectivity index (χ1) is 14.4. The fraction of sp³-hybridized carbons (Fsp3) is 0.100. The highest BCUT2D eigenvalue weighted by atomic mass is 16.2. The molecule has 10 heteroatoms. The number of benzene rings is 1. The molecule has 30 heavy (non-hydrogen) atoms. The molecule has 3 aromatic rings. The van der Waals surface area contributed by atoms with Crippen LogP contribution in [0.4, 0.5) is 0 Å². The van der Waals surface area contributed by atoms with E-state index in [2.05, 4.69) is 15.3 Å². The van der Waals surface area contributed by atoms with Gasteiger partial charge in [-0.2, -0.15) is 0 Å². The van der Waals surface area contributed by atoms with Crippen LogP contribution in [0.3, 0.4) is 0 Å². The van der Waals surface area contributed by atoms with Gasteiger partial charge in [-0.05, 0) is 17.7 Å². The van der Waals surface area contributed by atoms with Crippen LogP contribution in [-0.2, 0) is 16.0 Å². The van der Waals surface area contributed by atoms with Crippen LogP contribution in [0, 0.1) is 0 Å². The lowest BCUT2D eigenvalue weighted by atomic mass is 10.0. The molecule has 0 saturated carbocycles. The number of rotatable bonds is 8. The van der Waals surface area contributed by atoms with Gasteiger partial charge in [0.1, 0.15) is 23.9 Å². The number of hydrogen-bond donors (Lipinski definition) is 3. The zero-order valence-electron chi connectivity index (χ0n) is 15.7. The summed E-state index contributed by atoms with van der Waals surface area (Å²) < 4.78 is 1.37. The number of nitrogens with zero attached hydrogens (tertiary/aromatic N) is 3. The predicted molar refractivity (Wildman–Crippen MR) is 105 cm³/mol. The van der Waals surface area contributed by atoms with E-state index in [9.17, 15) is 19.2 Å². The maximum atomic E-state index is 12.8. The Labute approximate surface area is 170 Å². The number of carbonyl (C=O) groups excluding carboxylic acids is 4. The van der Waals surface area contributed by atoms with Gasteiger partial charge in [-0.1, -0.05) is 30.3 Å². The minimum absolute atomic E-state index is 0.0738. The standard InChI is InChI=1S/C20H18N6O4/c21-18(28)13-6-7-16(24-9-13)26-11-23-10-15(26)20(30)25-14(17(27)19(22)29)8-12-4-2-1-3-5-12/h1-7,9-11,14H,8H2,(H2,21,28)(H2,22,29)(H,25,30). The van der Waals surface area contributed by atoms with Crippen molar-refractivity contribution in [2.24, 2.45) is 11.5 Å². The Morgan fingerprint density at radius 1 is 1.00 bits per heavy atom. The number of primary amides is 2. The Bertz CT molecular complexity index is 1090. The van der Waals surface area contributed by atoms with Gasteiger partial charge in [-0.15, -0.1) is 0 Å². The number of amides is 3. The second-order valence-electron chi connectivity index (χ2n) is 6.36. The molecule has 10 nitrogen and oxygen atoms in total. The third kappa shape index (κ3) is 4.55. The quantitative estimate of drug-likeness (QED) is 0.437. The third-order valence-corrected chi connectivity index (χ3v) is 4.30. The lowest BCUT2D eigenvalue weighted by molar-refractivity contribution is -0.137. The second-order valence-corrected chi connectivity index (χ2v) is 6.36. The van der Waals surface area contributed by atoms with E-state index in [4.69, 9.17) is 11.5 Å². The molecular formula is C20H18N6O4. The molecule has 0 aliphatic carbocycles. The molecule has 0 spiro atoms. The van der Waals surface area contributed by atoms with Crippen molar-refractivity contribution in [3.63, 3.8) is 0 Å². The van der Waals surface area contributed by atoms with Crippen molar-refractivity contribution in [3.8, 4) is 5.82 Å². The van der Waals surface area contributed by atoms with E-state index < -0.39 is 29.5 Å². The van der Waals surface area contributed by atoms with Crippen LogP contribution < -0.4 is 16.8 Å². The first-order valence-corrected chi connectivity index (χ1v) is 8.84. The molecule has 1 unspecified atom stereocenters. The van der Waals surface area contributed by atoms with Gasteiger partial charge in [-0.3, -0.25) is 23.7 Å². The molecule has 0 bridgehead atoms. The van der Waals surface area contributed by atoms with Crippen molar-refractivity contribution >= 4 is 23.5 Å². The molecule has 0 aliphatic rings. The molecule has 152 valence electrons. The Balaban J connectivity index is 1.84. The van der Waals surface area contributed by atoms with Crippen molar-refractivity contribution in [2.45, 2.75) is 12.5 Å². The molecule has 0 radical (unpaired) electrons. The van der Waals surface area contributed by atoms with Gasteiger partial charge in [0.15, 0.2) is 0 Å². The summed E-state index contributed by atoms with van der Waals surface area (Å²) in [5.41, 5.74) is 11.4. The smallest absolute Gasteiger partial charge is 0.287 e. The number of nitrogens with one attached hydrogen (secondary N) is 1. The number of carbonyl (C=O) groups is 4. The molecule has 1 aromatic carbocycles. The average molecular weight is 406 g/mol. The fourth-order valence-electron chi connectivity index (χ4n) is 2.78. The van der Waals surface area contributed by atoms with Crippen LogP contribution in [0.2, 0.25) is 0 Å². The van der Waals surface area contributed by atoms with E-state index in [1.54, 1.807) is 24.3 Å². The SMILES string of the molecule is NC(=O)C(=O)C(Cc1ccccc1)NC(=O)c1cncn1-c1ccc(C(N)=O)cn1. The molecule has 1 atom stereocenters. The number of ketones is 1. The van der Waals surface area contributed by atoms with E-state index in [0.717, 1.165) is 5.56 Å². The number of Topliss-reactive ketones (excluding diaryl/α,β-unsaturated/α-hetero) is 1. The number of imidazole rings is 1. The first-order valence-electron chi connectivity index (χ1n) is 8.84. The maximum absolute atomic E-state index is 12.8. The minimum Gasteiger partial charge on any atom is -0.366 e. The third-order valence-electron chi connectivity index (χ3n) is 4.30. The number of hydrogen-bond acceptors (Lipinski definition) is 6. The van der Waals surface area contributed by atoms with Crippen molar-refractivity contribution in [1.29, 1.82) is 0 Å². The Morgan fingerprint density at radius 2 is 1.73 bits per heavy atom. The van der Waals surface area contributed by atoms with Crippen molar-refractivity contribution in [1.82, 2.24) is 19.9 Å². The molecular weight excluding hydrogens is 388 g/mol. The average Bonchev–Trinajstić information content (AvgIpc) is 3.23. The summed E-state index contributed by atoms with van der Waals surface area (Å²) in [5.74, 6) is -3.03. The van der Waals surface area contributed by atoms with Gasteiger partial charge in [0.25, 0.3) is 11.8 Å². The monoisotopic (exact) mass is 406 g/mol. The molecule has 2 aromatic heterocycles.